The fourth-order valence-corrected chi connectivity index (χ4v) is 2.75. The van der Waals surface area contributed by atoms with Crippen molar-refractivity contribution in [3.8, 4) is 0 Å². The van der Waals surface area contributed by atoms with Crippen LogP contribution in [0.1, 0.15) is 18.9 Å². The summed E-state index contributed by atoms with van der Waals surface area (Å²) in [6.07, 6.45) is 1.35. The fourth-order valence-electron chi connectivity index (χ4n) is 2.39. The second-order valence-corrected chi connectivity index (χ2v) is 6.05. The van der Waals surface area contributed by atoms with Gasteiger partial charge in [-0.25, -0.2) is 0 Å². The number of halogens is 1. The van der Waals surface area contributed by atoms with E-state index in [2.05, 4.69) is 64.0 Å². The molecule has 2 rings (SSSR count). The quantitative estimate of drug-likeness (QED) is 0.827. The molecule has 1 aliphatic heterocycles. The van der Waals surface area contributed by atoms with Gasteiger partial charge < -0.3 is 10.2 Å². The largest absolute Gasteiger partial charge is 0.312 e. The predicted octanol–water partition coefficient (Wildman–Crippen LogP) is 2.72. The van der Waals surface area contributed by atoms with E-state index in [1.54, 1.807) is 0 Å². The van der Waals surface area contributed by atoms with Gasteiger partial charge in [0.05, 0.1) is 0 Å². The molecule has 1 aromatic carbocycles. The Labute approximate surface area is 118 Å². The van der Waals surface area contributed by atoms with Crippen LogP contribution in [0.3, 0.4) is 0 Å². The first-order valence-corrected chi connectivity index (χ1v) is 7.53. The molecule has 0 bridgehead atoms. The molecule has 2 nitrogen and oxygen atoms in total. The summed E-state index contributed by atoms with van der Waals surface area (Å²) in [7, 11) is 0. The van der Waals surface area contributed by atoms with E-state index in [1.807, 2.05) is 0 Å². The van der Waals surface area contributed by atoms with Crippen LogP contribution in [0, 0.1) is 9.49 Å². The number of nitrogens with one attached hydrogen (secondary N) is 1. The van der Waals surface area contributed by atoms with Gasteiger partial charge in [0.15, 0.2) is 0 Å². The van der Waals surface area contributed by atoms with E-state index in [0.717, 1.165) is 19.0 Å². The van der Waals surface area contributed by atoms with Crippen molar-refractivity contribution in [3.05, 3.63) is 33.4 Å². The first-order chi connectivity index (χ1) is 8.28. The van der Waals surface area contributed by atoms with Gasteiger partial charge in [-0.1, -0.05) is 19.1 Å². The van der Waals surface area contributed by atoms with E-state index in [-0.39, 0.29) is 0 Å². The molecular weight excluding hydrogens is 323 g/mol. The van der Waals surface area contributed by atoms with Gasteiger partial charge in [0, 0.05) is 16.7 Å². The molecule has 1 heterocycles. The Hall–Kier alpha value is -0.130. The van der Waals surface area contributed by atoms with E-state index in [4.69, 9.17) is 0 Å². The summed E-state index contributed by atoms with van der Waals surface area (Å²) in [5.41, 5.74) is 1.38. The van der Waals surface area contributed by atoms with Crippen molar-refractivity contribution < 1.29 is 0 Å². The highest BCUT2D eigenvalue weighted by atomic mass is 127. The topological polar surface area (TPSA) is 15.3 Å². The van der Waals surface area contributed by atoms with Crippen LogP contribution in [0.4, 0.5) is 0 Å². The van der Waals surface area contributed by atoms with Crippen molar-refractivity contribution in [1.82, 2.24) is 10.2 Å². The van der Waals surface area contributed by atoms with Gasteiger partial charge in [-0.15, -0.1) is 0 Å². The molecule has 0 saturated carbocycles. The zero-order chi connectivity index (χ0) is 12.1. The summed E-state index contributed by atoms with van der Waals surface area (Å²) in [6, 6.07) is 8.77. The summed E-state index contributed by atoms with van der Waals surface area (Å²) in [6.45, 7) is 8.17. The number of hydrogen-bond acceptors (Lipinski definition) is 2. The first kappa shape index (κ1) is 13.3. The molecule has 17 heavy (non-hydrogen) atoms. The van der Waals surface area contributed by atoms with Crippen molar-refractivity contribution in [3.63, 3.8) is 0 Å². The second kappa shape index (κ2) is 6.71. The third kappa shape index (κ3) is 4.23. The van der Waals surface area contributed by atoms with Crippen molar-refractivity contribution in [1.29, 1.82) is 0 Å². The SMILES string of the molecule is CCN1CCC(CNCc2ccc(I)cc2)C1. The zero-order valence-corrected chi connectivity index (χ0v) is 12.6. The van der Waals surface area contributed by atoms with Gasteiger partial charge in [-0.2, -0.15) is 0 Å². The maximum absolute atomic E-state index is 3.58. The third-order valence-electron chi connectivity index (χ3n) is 3.49. The lowest BCUT2D eigenvalue weighted by molar-refractivity contribution is 0.339. The highest BCUT2D eigenvalue weighted by Crippen LogP contribution is 2.14. The molecule has 1 fully saturated rings. The monoisotopic (exact) mass is 344 g/mol. The molecule has 3 heteroatoms. The van der Waals surface area contributed by atoms with Crippen molar-refractivity contribution in [2.24, 2.45) is 5.92 Å². The van der Waals surface area contributed by atoms with Crippen molar-refractivity contribution >= 4 is 22.6 Å². The summed E-state index contributed by atoms with van der Waals surface area (Å²) < 4.78 is 1.31. The smallest absolute Gasteiger partial charge is 0.0205 e. The molecule has 0 spiro atoms. The molecule has 1 atom stereocenters. The Morgan fingerprint density at radius 2 is 2.12 bits per heavy atom. The van der Waals surface area contributed by atoms with Crippen LogP contribution in [0.25, 0.3) is 0 Å². The molecule has 1 N–H and O–H groups in total. The number of hydrogen-bond donors (Lipinski definition) is 1. The summed E-state index contributed by atoms with van der Waals surface area (Å²) >= 11 is 2.35. The van der Waals surface area contributed by atoms with Crippen LogP contribution in [0.2, 0.25) is 0 Å². The van der Waals surface area contributed by atoms with Gasteiger partial charge >= 0.3 is 0 Å². The zero-order valence-electron chi connectivity index (χ0n) is 10.5. The molecule has 94 valence electrons. The van der Waals surface area contributed by atoms with E-state index in [0.29, 0.717) is 0 Å². The van der Waals surface area contributed by atoms with E-state index >= 15 is 0 Å². The molecule has 1 aromatic rings. The molecule has 1 aliphatic rings. The average Bonchev–Trinajstić information content (AvgIpc) is 2.80. The van der Waals surface area contributed by atoms with Gasteiger partial charge in [0.1, 0.15) is 0 Å². The number of benzene rings is 1. The molecule has 0 aliphatic carbocycles. The lowest BCUT2D eigenvalue weighted by Gasteiger charge is -2.13. The molecule has 1 saturated heterocycles. The fraction of sp³-hybridized carbons (Fsp3) is 0.571. The first-order valence-electron chi connectivity index (χ1n) is 6.45. The van der Waals surface area contributed by atoms with Crippen LogP contribution < -0.4 is 5.32 Å². The van der Waals surface area contributed by atoms with Crippen molar-refractivity contribution in [2.45, 2.75) is 19.9 Å². The standard InChI is InChI=1S/C14H21IN2/c1-2-17-8-7-13(11-17)10-16-9-12-3-5-14(15)6-4-12/h3-6,13,16H,2,7-11H2,1H3. The number of likely N-dealkylation sites (tertiary alicyclic amines) is 1. The molecule has 0 radical (unpaired) electrons. The second-order valence-electron chi connectivity index (χ2n) is 4.81. The van der Waals surface area contributed by atoms with Gasteiger partial charge in [-0.3, -0.25) is 0 Å². The molecular formula is C14H21IN2. The van der Waals surface area contributed by atoms with E-state index in [1.165, 1.54) is 35.2 Å². The highest BCUT2D eigenvalue weighted by Gasteiger charge is 2.20. The van der Waals surface area contributed by atoms with Crippen LogP contribution in [-0.2, 0) is 6.54 Å². The summed E-state index contributed by atoms with van der Waals surface area (Å²) in [4.78, 5) is 2.54. The van der Waals surface area contributed by atoms with Crippen LogP contribution in [0.15, 0.2) is 24.3 Å². The lowest BCUT2D eigenvalue weighted by Crippen LogP contribution is -2.26. The maximum atomic E-state index is 3.58. The predicted molar refractivity (Wildman–Crippen MR) is 81.1 cm³/mol. The normalized spacial score (nSPS) is 20.9. The molecule has 0 amide bonds. The van der Waals surface area contributed by atoms with Gasteiger partial charge in [-0.05, 0) is 72.3 Å². The lowest BCUT2D eigenvalue weighted by atomic mass is 10.1. The van der Waals surface area contributed by atoms with E-state index in [9.17, 15) is 0 Å². The number of nitrogens with zero attached hydrogens (tertiary/aromatic N) is 1. The average molecular weight is 344 g/mol. The summed E-state index contributed by atoms with van der Waals surface area (Å²) in [5, 5.41) is 3.58. The number of rotatable bonds is 5. The minimum atomic E-state index is 0.846. The Balaban J connectivity index is 1.68. The Bertz CT molecular complexity index is 337. The minimum Gasteiger partial charge on any atom is -0.312 e. The van der Waals surface area contributed by atoms with Gasteiger partial charge in [0.2, 0.25) is 0 Å². The Morgan fingerprint density at radius 3 is 2.76 bits per heavy atom. The maximum Gasteiger partial charge on any atom is 0.0205 e. The van der Waals surface area contributed by atoms with E-state index < -0.39 is 0 Å². The Kier molecular flexibility index (Phi) is 5.25. The Morgan fingerprint density at radius 1 is 1.35 bits per heavy atom. The minimum absolute atomic E-state index is 0.846. The van der Waals surface area contributed by atoms with Crippen molar-refractivity contribution in [2.75, 3.05) is 26.2 Å². The van der Waals surface area contributed by atoms with Crippen LogP contribution >= 0.6 is 22.6 Å². The molecule has 0 aromatic heterocycles. The van der Waals surface area contributed by atoms with Gasteiger partial charge in [0.25, 0.3) is 0 Å². The summed E-state index contributed by atoms with van der Waals surface area (Å²) in [5.74, 6) is 0.846. The molecule has 1 unspecified atom stereocenters. The third-order valence-corrected chi connectivity index (χ3v) is 4.21. The highest BCUT2D eigenvalue weighted by molar-refractivity contribution is 14.1. The van der Waals surface area contributed by atoms with Crippen LogP contribution in [0.5, 0.6) is 0 Å². The van der Waals surface area contributed by atoms with Crippen LogP contribution in [-0.4, -0.2) is 31.1 Å².